The molecule has 156 valence electrons. The maximum absolute atomic E-state index is 13.2. The summed E-state index contributed by atoms with van der Waals surface area (Å²) >= 11 is 0. The summed E-state index contributed by atoms with van der Waals surface area (Å²) in [5.41, 5.74) is 3.86. The smallest absolute Gasteiger partial charge is 0.224 e. The lowest BCUT2D eigenvalue weighted by Crippen LogP contribution is -2.37. The molecule has 5 heteroatoms. The molecule has 1 unspecified atom stereocenters. The topological polar surface area (TPSA) is 66.5 Å². The normalized spacial score (nSPS) is 21.0. The molecular formula is C24H32N2O3. The van der Waals surface area contributed by atoms with Crippen molar-refractivity contribution in [2.24, 2.45) is 11.3 Å². The third-order valence-electron chi connectivity index (χ3n) is 6.09. The number of hydrogen-bond acceptors (Lipinski definition) is 4. The molecule has 1 aromatic rings. The average molecular weight is 397 g/mol. The van der Waals surface area contributed by atoms with Crippen molar-refractivity contribution in [1.82, 2.24) is 5.32 Å². The van der Waals surface area contributed by atoms with Crippen LogP contribution in [0.15, 0.2) is 30.0 Å². The average Bonchev–Trinajstić information content (AvgIpc) is 2.87. The van der Waals surface area contributed by atoms with Crippen LogP contribution >= 0.6 is 0 Å². The van der Waals surface area contributed by atoms with Crippen LogP contribution in [0, 0.1) is 18.3 Å². The second-order valence-corrected chi connectivity index (χ2v) is 9.12. The number of allylic oxidation sites excluding steroid dienone is 1. The summed E-state index contributed by atoms with van der Waals surface area (Å²) < 4.78 is 0. The Morgan fingerprint density at radius 1 is 1.31 bits per heavy atom. The van der Waals surface area contributed by atoms with Crippen LogP contribution in [0.1, 0.15) is 70.5 Å². The number of hydrogen-bond donors (Lipinski definition) is 1. The molecule has 2 atom stereocenters. The van der Waals surface area contributed by atoms with Crippen molar-refractivity contribution in [3.8, 4) is 0 Å². The summed E-state index contributed by atoms with van der Waals surface area (Å²) in [5.74, 6) is -0.729. The first-order valence-corrected chi connectivity index (χ1v) is 10.6. The van der Waals surface area contributed by atoms with E-state index in [1.54, 1.807) is 13.0 Å². The van der Waals surface area contributed by atoms with Crippen LogP contribution in [0.3, 0.4) is 0 Å². The maximum Gasteiger partial charge on any atom is 0.224 e. The quantitative estimate of drug-likeness (QED) is 0.781. The number of nitrogens with zero attached hydrogens (tertiary/aromatic N) is 1. The van der Waals surface area contributed by atoms with Crippen molar-refractivity contribution < 1.29 is 14.4 Å². The Bertz CT molecular complexity index is 869. The number of aryl methyl sites for hydroxylation is 1. The van der Waals surface area contributed by atoms with Crippen LogP contribution in [0.4, 0.5) is 5.69 Å². The molecule has 1 saturated heterocycles. The van der Waals surface area contributed by atoms with Gasteiger partial charge in [0.25, 0.3) is 0 Å². The van der Waals surface area contributed by atoms with Crippen LogP contribution in [0.2, 0.25) is 0 Å². The summed E-state index contributed by atoms with van der Waals surface area (Å²) in [6.45, 7) is 10.9. The van der Waals surface area contributed by atoms with Crippen LogP contribution in [0.25, 0.3) is 0 Å². The molecule has 0 radical (unpaired) electrons. The Hall–Kier alpha value is -2.43. The molecular weight excluding hydrogens is 364 g/mol. The van der Waals surface area contributed by atoms with E-state index in [1.807, 2.05) is 26.0 Å². The second-order valence-electron chi connectivity index (χ2n) is 9.12. The van der Waals surface area contributed by atoms with Gasteiger partial charge in [-0.05, 0) is 31.4 Å². The molecule has 0 bridgehead atoms. The van der Waals surface area contributed by atoms with Gasteiger partial charge in [0.2, 0.25) is 5.91 Å². The molecule has 1 amide bonds. The predicted molar refractivity (Wildman–Crippen MR) is 115 cm³/mol. The van der Waals surface area contributed by atoms with E-state index in [1.165, 1.54) is 0 Å². The van der Waals surface area contributed by atoms with E-state index in [0.29, 0.717) is 6.42 Å². The lowest BCUT2D eigenvalue weighted by atomic mass is 9.88. The van der Waals surface area contributed by atoms with E-state index < -0.39 is 12.0 Å². The number of ketones is 2. The van der Waals surface area contributed by atoms with Gasteiger partial charge in [-0.2, -0.15) is 0 Å². The highest BCUT2D eigenvalue weighted by atomic mass is 16.2. The van der Waals surface area contributed by atoms with Gasteiger partial charge in [0.15, 0.2) is 5.78 Å². The molecule has 0 saturated carbocycles. The van der Waals surface area contributed by atoms with Crippen LogP contribution < -0.4 is 10.2 Å². The zero-order valence-corrected chi connectivity index (χ0v) is 18.2. The number of nitrogens with one attached hydrogen (secondary N) is 1. The first-order chi connectivity index (χ1) is 13.6. The van der Waals surface area contributed by atoms with Crippen molar-refractivity contribution in [2.75, 3.05) is 11.4 Å². The molecule has 0 spiro atoms. The molecule has 29 heavy (non-hydrogen) atoms. The second kappa shape index (κ2) is 8.13. The largest absolute Gasteiger partial charge is 0.344 e. The van der Waals surface area contributed by atoms with Gasteiger partial charge in [-0.1, -0.05) is 39.8 Å². The molecule has 1 fully saturated rings. The van der Waals surface area contributed by atoms with Crippen molar-refractivity contribution in [2.45, 2.75) is 66.3 Å². The number of carbonyl (C=O) groups excluding carboxylic acids is 3. The van der Waals surface area contributed by atoms with Gasteiger partial charge in [-0.25, -0.2) is 0 Å². The lowest BCUT2D eigenvalue weighted by Gasteiger charge is -2.27. The molecule has 1 aromatic carbocycles. The number of carbonyl (C=O) groups is 3. The van der Waals surface area contributed by atoms with E-state index >= 15 is 0 Å². The predicted octanol–water partition coefficient (Wildman–Crippen LogP) is 4.25. The van der Waals surface area contributed by atoms with Crippen molar-refractivity contribution >= 4 is 23.2 Å². The zero-order chi connectivity index (χ0) is 21.3. The first-order valence-electron chi connectivity index (χ1n) is 10.6. The third-order valence-corrected chi connectivity index (χ3v) is 6.09. The number of fused-ring (bicyclic) bond motifs is 3. The lowest BCUT2D eigenvalue weighted by molar-refractivity contribution is -0.131. The minimum Gasteiger partial charge on any atom is -0.344 e. The van der Waals surface area contributed by atoms with Gasteiger partial charge in [0, 0.05) is 53.7 Å². The van der Waals surface area contributed by atoms with Gasteiger partial charge >= 0.3 is 0 Å². The Morgan fingerprint density at radius 2 is 2.03 bits per heavy atom. The zero-order valence-electron chi connectivity index (χ0n) is 18.2. The Labute approximate surface area is 173 Å². The fourth-order valence-electron chi connectivity index (χ4n) is 4.28. The van der Waals surface area contributed by atoms with E-state index in [4.69, 9.17) is 0 Å². The van der Waals surface area contributed by atoms with E-state index in [2.05, 4.69) is 30.1 Å². The van der Waals surface area contributed by atoms with Gasteiger partial charge < -0.3 is 10.2 Å². The molecule has 1 N–H and O–H groups in total. The number of Topliss-reactive ketones (excluding diaryl/α,β-unsaturated/α-hetero) is 1. The summed E-state index contributed by atoms with van der Waals surface area (Å²) in [6.07, 6.45) is 4.16. The SMILES string of the molecule is CCCC(=O)C[C@@H](C)C(=O)NC1C(=O)C=C2N(CCC2(C)C)c2cc(C)ccc21. The van der Waals surface area contributed by atoms with Crippen LogP contribution in [-0.2, 0) is 14.4 Å². The number of amides is 1. The van der Waals surface area contributed by atoms with E-state index in [0.717, 1.165) is 41.9 Å². The number of rotatable bonds is 6. The standard InChI is InChI=1S/C24H32N2O3/c1-6-7-17(27)13-16(3)23(29)25-22-18-9-8-15(2)12-19(18)26-11-10-24(4,5)21(26)14-20(22)28/h8-9,12,14,16,22H,6-7,10-11,13H2,1-5H3,(H,25,29)/t16-,22?/m1/s1. The Kier molecular flexibility index (Phi) is 5.97. The highest BCUT2D eigenvalue weighted by Crippen LogP contribution is 2.46. The number of anilines is 1. The fraction of sp³-hybridized carbons (Fsp3) is 0.542. The molecule has 2 aliphatic rings. The van der Waals surface area contributed by atoms with Crippen molar-refractivity contribution in [3.63, 3.8) is 0 Å². The Morgan fingerprint density at radius 3 is 2.72 bits per heavy atom. The molecule has 0 aliphatic carbocycles. The highest BCUT2D eigenvalue weighted by molar-refractivity contribution is 6.01. The third kappa shape index (κ3) is 4.29. The van der Waals surface area contributed by atoms with Gasteiger partial charge in [-0.3, -0.25) is 14.4 Å². The summed E-state index contributed by atoms with van der Waals surface area (Å²) in [7, 11) is 0. The van der Waals surface area contributed by atoms with Crippen molar-refractivity contribution in [1.29, 1.82) is 0 Å². The summed E-state index contributed by atoms with van der Waals surface area (Å²) in [6, 6.07) is 5.29. The number of benzene rings is 1. The van der Waals surface area contributed by atoms with Crippen LogP contribution in [-0.4, -0.2) is 24.0 Å². The molecule has 5 nitrogen and oxygen atoms in total. The van der Waals surface area contributed by atoms with E-state index in [-0.39, 0.29) is 29.3 Å². The van der Waals surface area contributed by atoms with Gasteiger partial charge in [0.1, 0.15) is 11.8 Å². The first kappa shape index (κ1) is 21.3. The summed E-state index contributed by atoms with van der Waals surface area (Å²) in [5, 5.41) is 2.94. The van der Waals surface area contributed by atoms with Crippen LogP contribution in [0.5, 0.6) is 0 Å². The van der Waals surface area contributed by atoms with E-state index in [9.17, 15) is 14.4 Å². The van der Waals surface area contributed by atoms with Gasteiger partial charge in [0.05, 0.1) is 0 Å². The molecule has 2 aliphatic heterocycles. The molecule has 2 heterocycles. The highest BCUT2D eigenvalue weighted by Gasteiger charge is 2.41. The summed E-state index contributed by atoms with van der Waals surface area (Å²) in [4.78, 5) is 40.2. The van der Waals surface area contributed by atoms with Gasteiger partial charge in [-0.15, -0.1) is 0 Å². The molecule has 0 aromatic heterocycles. The maximum atomic E-state index is 13.2. The fourth-order valence-corrected chi connectivity index (χ4v) is 4.28. The molecule has 3 rings (SSSR count). The van der Waals surface area contributed by atoms with Crippen molar-refractivity contribution in [3.05, 3.63) is 41.1 Å². The Balaban J connectivity index is 1.92. The minimum atomic E-state index is -0.726. The minimum absolute atomic E-state index is 0.0860. The monoisotopic (exact) mass is 396 g/mol.